The van der Waals surface area contributed by atoms with Crippen molar-refractivity contribution in [3.63, 3.8) is 0 Å². The molecule has 0 fully saturated rings. The van der Waals surface area contributed by atoms with E-state index in [2.05, 4.69) is 26.2 Å². The molecule has 0 aliphatic carbocycles. The third-order valence-corrected chi connectivity index (χ3v) is 4.06. The number of carbonyl (C=O) groups is 1. The van der Waals surface area contributed by atoms with E-state index in [4.69, 9.17) is 0 Å². The fourth-order valence-corrected chi connectivity index (χ4v) is 2.70. The highest BCUT2D eigenvalue weighted by Crippen LogP contribution is 2.27. The number of aromatic nitrogens is 2. The number of anilines is 1. The van der Waals surface area contributed by atoms with Gasteiger partial charge < -0.3 is 9.88 Å². The molecular weight excluding hydrogens is 352 g/mol. The van der Waals surface area contributed by atoms with Crippen LogP contribution in [0.15, 0.2) is 34.2 Å². The molecule has 1 amide bonds. The molecular formula is C12H10BrF2N3OS. The van der Waals surface area contributed by atoms with Crippen molar-refractivity contribution in [2.24, 2.45) is 7.05 Å². The molecule has 1 heterocycles. The Morgan fingerprint density at radius 1 is 1.50 bits per heavy atom. The second-order valence-corrected chi connectivity index (χ2v) is 5.70. The van der Waals surface area contributed by atoms with Gasteiger partial charge in [0.15, 0.2) is 11.0 Å². The SMILES string of the molecule is Cn1ccnc1SCC(=O)Nc1c(F)cc(F)cc1Br. The van der Waals surface area contributed by atoms with Gasteiger partial charge in [0.05, 0.1) is 11.4 Å². The summed E-state index contributed by atoms with van der Waals surface area (Å²) in [7, 11) is 1.81. The summed E-state index contributed by atoms with van der Waals surface area (Å²) in [6.45, 7) is 0. The number of carbonyl (C=O) groups excluding carboxylic acids is 1. The molecule has 0 bridgehead atoms. The van der Waals surface area contributed by atoms with E-state index in [1.807, 2.05) is 7.05 Å². The number of imidazole rings is 1. The minimum atomic E-state index is -0.827. The molecule has 0 unspecified atom stereocenters. The molecule has 1 aromatic carbocycles. The molecule has 2 rings (SSSR count). The number of rotatable bonds is 4. The highest BCUT2D eigenvalue weighted by molar-refractivity contribution is 9.10. The Kier molecular flexibility index (Phi) is 4.77. The number of thioether (sulfide) groups is 1. The molecule has 0 aliphatic rings. The van der Waals surface area contributed by atoms with Gasteiger partial charge in [0, 0.05) is 30.0 Å². The van der Waals surface area contributed by atoms with Crippen LogP contribution in [0, 0.1) is 11.6 Å². The van der Waals surface area contributed by atoms with Crippen LogP contribution >= 0.6 is 27.7 Å². The summed E-state index contributed by atoms with van der Waals surface area (Å²) in [4.78, 5) is 15.8. The molecule has 1 N–H and O–H groups in total. The van der Waals surface area contributed by atoms with Crippen LogP contribution in [0.5, 0.6) is 0 Å². The van der Waals surface area contributed by atoms with E-state index in [1.165, 1.54) is 11.8 Å². The lowest BCUT2D eigenvalue weighted by molar-refractivity contribution is -0.113. The van der Waals surface area contributed by atoms with Crippen LogP contribution in [-0.4, -0.2) is 21.2 Å². The van der Waals surface area contributed by atoms with Crippen LogP contribution in [0.4, 0.5) is 14.5 Å². The average Bonchev–Trinajstić information content (AvgIpc) is 2.77. The van der Waals surface area contributed by atoms with Gasteiger partial charge in [-0.3, -0.25) is 4.79 Å². The summed E-state index contributed by atoms with van der Waals surface area (Å²) in [5, 5.41) is 3.08. The van der Waals surface area contributed by atoms with E-state index in [1.54, 1.807) is 17.0 Å². The van der Waals surface area contributed by atoms with Gasteiger partial charge in [-0.05, 0) is 22.0 Å². The third-order valence-electron chi connectivity index (χ3n) is 2.38. The van der Waals surface area contributed by atoms with Crippen molar-refractivity contribution in [3.8, 4) is 0 Å². The van der Waals surface area contributed by atoms with Gasteiger partial charge in [-0.1, -0.05) is 11.8 Å². The van der Waals surface area contributed by atoms with E-state index in [9.17, 15) is 13.6 Å². The molecule has 8 heteroatoms. The van der Waals surface area contributed by atoms with Gasteiger partial charge in [0.1, 0.15) is 5.82 Å². The smallest absolute Gasteiger partial charge is 0.234 e. The van der Waals surface area contributed by atoms with Crippen LogP contribution in [0.2, 0.25) is 0 Å². The minimum absolute atomic E-state index is 0.0724. The number of halogens is 3. The third kappa shape index (κ3) is 3.57. The standard InChI is InChI=1S/C12H10BrF2N3OS/c1-18-3-2-16-12(18)20-6-10(19)17-11-8(13)4-7(14)5-9(11)15/h2-5H,6H2,1H3,(H,17,19). The summed E-state index contributed by atoms with van der Waals surface area (Å²) >= 11 is 4.23. The van der Waals surface area contributed by atoms with Gasteiger partial charge in [-0.25, -0.2) is 13.8 Å². The van der Waals surface area contributed by atoms with Gasteiger partial charge in [0.2, 0.25) is 5.91 Å². The Morgan fingerprint density at radius 3 is 2.85 bits per heavy atom. The fraction of sp³-hybridized carbons (Fsp3) is 0.167. The molecule has 20 heavy (non-hydrogen) atoms. The molecule has 0 saturated heterocycles. The van der Waals surface area contributed by atoms with Crippen LogP contribution in [-0.2, 0) is 11.8 Å². The van der Waals surface area contributed by atoms with E-state index >= 15 is 0 Å². The topological polar surface area (TPSA) is 46.9 Å². The largest absolute Gasteiger partial charge is 0.329 e. The van der Waals surface area contributed by atoms with Gasteiger partial charge >= 0.3 is 0 Å². The molecule has 0 saturated carbocycles. The van der Waals surface area contributed by atoms with Crippen LogP contribution in [0.25, 0.3) is 0 Å². The monoisotopic (exact) mass is 361 g/mol. The highest BCUT2D eigenvalue weighted by Gasteiger charge is 2.13. The highest BCUT2D eigenvalue weighted by atomic mass is 79.9. The number of hydrogen-bond acceptors (Lipinski definition) is 3. The quantitative estimate of drug-likeness (QED) is 0.850. The van der Waals surface area contributed by atoms with Crippen LogP contribution < -0.4 is 5.32 Å². The Hall–Kier alpha value is -1.41. The molecule has 0 radical (unpaired) electrons. The van der Waals surface area contributed by atoms with E-state index < -0.39 is 17.5 Å². The predicted octanol–water partition coefficient (Wildman–Crippen LogP) is 3.19. The zero-order valence-corrected chi connectivity index (χ0v) is 12.8. The summed E-state index contributed by atoms with van der Waals surface area (Å²) in [6, 6.07) is 1.80. The zero-order chi connectivity index (χ0) is 14.7. The first-order valence-corrected chi connectivity index (χ1v) is 7.29. The van der Waals surface area contributed by atoms with Crippen molar-refractivity contribution < 1.29 is 13.6 Å². The van der Waals surface area contributed by atoms with Crippen molar-refractivity contribution >= 4 is 39.3 Å². The number of hydrogen-bond donors (Lipinski definition) is 1. The maximum atomic E-state index is 13.5. The predicted molar refractivity (Wildman–Crippen MR) is 76.6 cm³/mol. The molecule has 0 spiro atoms. The summed E-state index contributed by atoms with van der Waals surface area (Å²) in [6.07, 6.45) is 3.38. The molecule has 4 nitrogen and oxygen atoms in total. The van der Waals surface area contributed by atoms with Gasteiger partial charge in [-0.2, -0.15) is 0 Å². The molecule has 106 valence electrons. The first kappa shape index (κ1) is 15.0. The molecule has 1 aromatic heterocycles. The number of benzene rings is 1. The Morgan fingerprint density at radius 2 is 2.25 bits per heavy atom. The van der Waals surface area contributed by atoms with Crippen LogP contribution in [0.1, 0.15) is 0 Å². The maximum Gasteiger partial charge on any atom is 0.234 e. The number of nitrogens with one attached hydrogen (secondary N) is 1. The van der Waals surface area contributed by atoms with E-state index in [0.717, 1.165) is 6.07 Å². The summed E-state index contributed by atoms with van der Waals surface area (Å²) in [5.74, 6) is -1.86. The Labute approximate surface area is 126 Å². The lowest BCUT2D eigenvalue weighted by Crippen LogP contribution is -2.16. The lowest BCUT2D eigenvalue weighted by atomic mass is 10.3. The summed E-state index contributed by atoms with van der Waals surface area (Å²) < 4.78 is 28.4. The van der Waals surface area contributed by atoms with Gasteiger partial charge in [-0.15, -0.1) is 0 Å². The van der Waals surface area contributed by atoms with E-state index in [-0.39, 0.29) is 15.9 Å². The minimum Gasteiger partial charge on any atom is -0.329 e. The first-order chi connectivity index (χ1) is 9.47. The van der Waals surface area contributed by atoms with Gasteiger partial charge in [0.25, 0.3) is 0 Å². The Balaban J connectivity index is 2.00. The Bertz CT molecular complexity index is 624. The molecule has 0 atom stereocenters. The fourth-order valence-electron chi connectivity index (χ4n) is 1.46. The second kappa shape index (κ2) is 6.36. The molecule has 0 aliphatic heterocycles. The molecule has 2 aromatic rings. The number of nitrogens with zero attached hydrogens (tertiary/aromatic N) is 2. The lowest BCUT2D eigenvalue weighted by Gasteiger charge is -2.08. The second-order valence-electron chi connectivity index (χ2n) is 3.90. The van der Waals surface area contributed by atoms with Crippen molar-refractivity contribution in [1.29, 1.82) is 0 Å². The summed E-state index contributed by atoms with van der Waals surface area (Å²) in [5.41, 5.74) is -0.0724. The van der Waals surface area contributed by atoms with Crippen LogP contribution in [0.3, 0.4) is 0 Å². The van der Waals surface area contributed by atoms with Crippen molar-refractivity contribution in [2.45, 2.75) is 5.16 Å². The normalized spacial score (nSPS) is 10.6. The number of aryl methyl sites for hydroxylation is 1. The van der Waals surface area contributed by atoms with Crippen molar-refractivity contribution in [2.75, 3.05) is 11.1 Å². The zero-order valence-electron chi connectivity index (χ0n) is 10.4. The van der Waals surface area contributed by atoms with Crippen molar-refractivity contribution in [3.05, 3.63) is 40.6 Å². The van der Waals surface area contributed by atoms with Crippen molar-refractivity contribution in [1.82, 2.24) is 9.55 Å². The van der Waals surface area contributed by atoms with E-state index in [0.29, 0.717) is 11.2 Å². The number of amides is 1. The first-order valence-electron chi connectivity index (χ1n) is 5.52. The maximum absolute atomic E-state index is 13.5. The average molecular weight is 362 g/mol.